The third kappa shape index (κ3) is 2.68. The highest BCUT2D eigenvalue weighted by atomic mass is 16.5. The van der Waals surface area contributed by atoms with Crippen molar-refractivity contribution in [2.45, 2.75) is 52.0 Å². The van der Waals surface area contributed by atoms with Gasteiger partial charge in [0, 0.05) is 19.5 Å². The van der Waals surface area contributed by atoms with Crippen molar-refractivity contribution in [2.24, 2.45) is 11.8 Å². The quantitative estimate of drug-likeness (QED) is 0.707. The van der Waals surface area contributed by atoms with Crippen LogP contribution >= 0.6 is 0 Å². The van der Waals surface area contributed by atoms with Crippen LogP contribution in [0.2, 0.25) is 0 Å². The number of piperidine rings is 1. The molecule has 0 aromatic carbocycles. The Labute approximate surface area is 109 Å². The molecule has 102 valence electrons. The van der Waals surface area contributed by atoms with Crippen molar-refractivity contribution in [1.82, 2.24) is 4.90 Å². The maximum Gasteiger partial charge on any atom is 0.310 e. The fraction of sp³-hybridized carbons (Fsp3) is 0.857. The average Bonchev–Trinajstić information content (AvgIpc) is 2.37. The lowest BCUT2D eigenvalue weighted by molar-refractivity contribution is -0.154. The van der Waals surface area contributed by atoms with E-state index in [2.05, 4.69) is 0 Å². The summed E-state index contributed by atoms with van der Waals surface area (Å²) >= 11 is 0. The molecule has 2 aliphatic rings. The standard InChI is InChI=1S/C14H23NO3/c1-3-18-14(17)12-8-11-6-4-5-7-13(11)15(9-12)10(2)16/h11-13H,3-9H2,1-2H3/t11-,12+,13-/m1/s1. The highest BCUT2D eigenvalue weighted by Gasteiger charge is 2.41. The highest BCUT2D eigenvalue weighted by Crippen LogP contribution is 2.37. The molecule has 2 fully saturated rings. The maximum absolute atomic E-state index is 11.9. The van der Waals surface area contributed by atoms with E-state index >= 15 is 0 Å². The Morgan fingerprint density at radius 1 is 1.28 bits per heavy atom. The van der Waals surface area contributed by atoms with E-state index in [-0.39, 0.29) is 17.8 Å². The summed E-state index contributed by atoms with van der Waals surface area (Å²) in [7, 11) is 0. The molecule has 0 unspecified atom stereocenters. The van der Waals surface area contributed by atoms with E-state index < -0.39 is 0 Å². The van der Waals surface area contributed by atoms with Crippen LogP contribution < -0.4 is 0 Å². The van der Waals surface area contributed by atoms with Gasteiger partial charge in [0.05, 0.1) is 12.5 Å². The molecule has 1 aliphatic heterocycles. The summed E-state index contributed by atoms with van der Waals surface area (Å²) in [6.45, 7) is 4.41. The molecule has 0 bridgehead atoms. The fourth-order valence-electron chi connectivity index (χ4n) is 3.48. The van der Waals surface area contributed by atoms with Crippen molar-refractivity contribution < 1.29 is 14.3 Å². The number of likely N-dealkylation sites (tertiary alicyclic amines) is 1. The molecule has 0 spiro atoms. The number of ether oxygens (including phenoxy) is 1. The van der Waals surface area contributed by atoms with Gasteiger partial charge in [-0.05, 0) is 32.1 Å². The first kappa shape index (κ1) is 13.4. The van der Waals surface area contributed by atoms with Crippen molar-refractivity contribution in [3.05, 3.63) is 0 Å². The van der Waals surface area contributed by atoms with Gasteiger partial charge in [0.15, 0.2) is 0 Å². The van der Waals surface area contributed by atoms with Crippen LogP contribution in [-0.2, 0) is 14.3 Å². The molecular weight excluding hydrogens is 230 g/mol. The summed E-state index contributed by atoms with van der Waals surface area (Å²) in [6.07, 6.45) is 5.56. The van der Waals surface area contributed by atoms with Crippen molar-refractivity contribution in [3.8, 4) is 0 Å². The number of carbonyl (C=O) groups is 2. The summed E-state index contributed by atoms with van der Waals surface area (Å²) in [4.78, 5) is 25.5. The Balaban J connectivity index is 2.09. The van der Waals surface area contributed by atoms with Crippen molar-refractivity contribution >= 4 is 11.9 Å². The first-order valence-corrected chi connectivity index (χ1v) is 7.07. The van der Waals surface area contributed by atoms with Gasteiger partial charge in [0.2, 0.25) is 5.91 Å². The van der Waals surface area contributed by atoms with E-state index in [1.54, 1.807) is 6.92 Å². The largest absolute Gasteiger partial charge is 0.466 e. The highest BCUT2D eigenvalue weighted by molar-refractivity contribution is 5.77. The molecule has 4 nitrogen and oxygen atoms in total. The molecule has 0 aromatic rings. The Kier molecular flexibility index (Phi) is 4.25. The van der Waals surface area contributed by atoms with Crippen LogP contribution in [0.25, 0.3) is 0 Å². The van der Waals surface area contributed by atoms with Crippen LogP contribution in [0.1, 0.15) is 46.0 Å². The smallest absolute Gasteiger partial charge is 0.310 e. The number of nitrogens with zero attached hydrogens (tertiary/aromatic N) is 1. The number of esters is 1. The van der Waals surface area contributed by atoms with E-state index in [1.807, 2.05) is 11.8 Å². The van der Waals surface area contributed by atoms with Gasteiger partial charge in [-0.1, -0.05) is 12.8 Å². The molecule has 3 atom stereocenters. The minimum Gasteiger partial charge on any atom is -0.466 e. The van der Waals surface area contributed by atoms with Crippen LogP contribution in [0.15, 0.2) is 0 Å². The second-order valence-corrected chi connectivity index (χ2v) is 5.47. The van der Waals surface area contributed by atoms with Crippen LogP contribution in [0.5, 0.6) is 0 Å². The van der Waals surface area contributed by atoms with Gasteiger partial charge in [-0.3, -0.25) is 9.59 Å². The van der Waals surface area contributed by atoms with Crippen LogP contribution in [0, 0.1) is 11.8 Å². The van der Waals surface area contributed by atoms with Crippen molar-refractivity contribution in [2.75, 3.05) is 13.2 Å². The van der Waals surface area contributed by atoms with Gasteiger partial charge in [-0.2, -0.15) is 0 Å². The molecule has 4 heteroatoms. The summed E-state index contributed by atoms with van der Waals surface area (Å²) in [6, 6.07) is 0.363. The first-order chi connectivity index (χ1) is 8.63. The molecule has 1 saturated carbocycles. The molecule has 2 rings (SSSR count). The molecule has 1 saturated heterocycles. The minimum absolute atomic E-state index is 0.0981. The van der Waals surface area contributed by atoms with Crippen molar-refractivity contribution in [3.63, 3.8) is 0 Å². The zero-order chi connectivity index (χ0) is 13.1. The fourth-order valence-corrected chi connectivity index (χ4v) is 3.48. The normalized spacial score (nSPS) is 31.7. The minimum atomic E-state index is -0.132. The number of carbonyl (C=O) groups excluding carboxylic acids is 2. The number of rotatable bonds is 2. The summed E-state index contributed by atoms with van der Waals surface area (Å²) in [5.74, 6) is 0.340. The Morgan fingerprint density at radius 3 is 2.67 bits per heavy atom. The lowest BCUT2D eigenvalue weighted by atomic mass is 9.75. The van der Waals surface area contributed by atoms with Gasteiger partial charge >= 0.3 is 5.97 Å². The molecule has 0 N–H and O–H groups in total. The van der Waals surface area contributed by atoms with E-state index in [1.165, 1.54) is 12.8 Å². The second kappa shape index (κ2) is 5.72. The molecule has 1 aliphatic carbocycles. The van der Waals surface area contributed by atoms with Crippen molar-refractivity contribution in [1.29, 1.82) is 0 Å². The SMILES string of the molecule is CCOC(=O)[C@H]1C[C@H]2CCCC[C@H]2N(C(C)=O)C1. The molecule has 18 heavy (non-hydrogen) atoms. The van der Waals surface area contributed by atoms with E-state index in [4.69, 9.17) is 4.74 Å². The van der Waals surface area contributed by atoms with E-state index in [0.717, 1.165) is 19.3 Å². The van der Waals surface area contributed by atoms with Gasteiger partial charge in [0.1, 0.15) is 0 Å². The second-order valence-electron chi connectivity index (χ2n) is 5.47. The Bertz CT molecular complexity index is 329. The number of fused-ring (bicyclic) bond motifs is 1. The zero-order valence-corrected chi connectivity index (χ0v) is 11.4. The molecule has 0 aromatic heterocycles. The zero-order valence-electron chi connectivity index (χ0n) is 11.4. The third-order valence-electron chi connectivity index (χ3n) is 4.30. The molecular formula is C14H23NO3. The molecule has 1 amide bonds. The van der Waals surface area contributed by atoms with Gasteiger partial charge in [0.25, 0.3) is 0 Å². The predicted molar refractivity (Wildman–Crippen MR) is 67.9 cm³/mol. The maximum atomic E-state index is 11.9. The number of hydrogen-bond acceptors (Lipinski definition) is 3. The van der Waals surface area contributed by atoms with Gasteiger partial charge in [-0.25, -0.2) is 0 Å². The summed E-state index contributed by atoms with van der Waals surface area (Å²) in [5, 5.41) is 0. The van der Waals surface area contributed by atoms with Gasteiger partial charge in [-0.15, -0.1) is 0 Å². The number of hydrogen-bond donors (Lipinski definition) is 0. The Morgan fingerprint density at radius 2 is 2.00 bits per heavy atom. The van der Waals surface area contributed by atoms with Crippen LogP contribution in [-0.4, -0.2) is 36.0 Å². The molecule has 0 radical (unpaired) electrons. The lowest BCUT2D eigenvalue weighted by Gasteiger charge is -2.46. The monoisotopic (exact) mass is 253 g/mol. The van der Waals surface area contributed by atoms with E-state index in [0.29, 0.717) is 25.1 Å². The third-order valence-corrected chi connectivity index (χ3v) is 4.30. The van der Waals surface area contributed by atoms with Gasteiger partial charge < -0.3 is 9.64 Å². The Hall–Kier alpha value is -1.06. The van der Waals surface area contributed by atoms with E-state index in [9.17, 15) is 9.59 Å². The average molecular weight is 253 g/mol. The lowest BCUT2D eigenvalue weighted by Crippen LogP contribution is -2.53. The number of amides is 1. The predicted octanol–water partition coefficient (Wildman–Crippen LogP) is 1.98. The topological polar surface area (TPSA) is 46.6 Å². The summed E-state index contributed by atoms with van der Waals surface area (Å²) < 4.78 is 5.11. The van der Waals surface area contributed by atoms with Crippen LogP contribution in [0.3, 0.4) is 0 Å². The summed E-state index contributed by atoms with van der Waals surface area (Å²) in [5.41, 5.74) is 0. The first-order valence-electron chi connectivity index (χ1n) is 7.07. The molecule has 1 heterocycles. The van der Waals surface area contributed by atoms with Crippen LogP contribution in [0.4, 0.5) is 0 Å².